The number of amides is 2. The summed E-state index contributed by atoms with van der Waals surface area (Å²) >= 11 is 0. The molecule has 0 unspecified atom stereocenters. The lowest BCUT2D eigenvalue weighted by molar-refractivity contribution is 0.0535. The SMILES string of the molecule is O=C(O)c1ccc(C(=O)N2CCN(C(=O)c3ccc4c(c3)OCO4)CC2)cc1. The largest absolute Gasteiger partial charge is 0.478 e. The Morgan fingerprint density at radius 3 is 1.82 bits per heavy atom. The number of benzene rings is 2. The third-order valence-electron chi connectivity index (χ3n) is 4.85. The van der Waals surface area contributed by atoms with Gasteiger partial charge in [-0.05, 0) is 42.5 Å². The standard InChI is InChI=1S/C20H18N2O6/c23-18(13-1-3-14(4-2-13)20(25)26)21-7-9-22(10-8-21)19(24)15-5-6-16-17(11-15)28-12-27-16/h1-6,11H,7-10,12H2,(H,25,26). The number of fused-ring (bicyclic) bond motifs is 1. The first kappa shape index (κ1) is 17.8. The van der Waals surface area contributed by atoms with Crippen LogP contribution in [0.3, 0.4) is 0 Å². The van der Waals surface area contributed by atoms with Crippen molar-refractivity contribution in [2.75, 3.05) is 33.0 Å². The Morgan fingerprint density at radius 1 is 0.714 bits per heavy atom. The molecule has 0 saturated carbocycles. The summed E-state index contributed by atoms with van der Waals surface area (Å²) < 4.78 is 10.6. The maximum atomic E-state index is 12.7. The van der Waals surface area contributed by atoms with E-state index in [1.54, 1.807) is 28.0 Å². The molecule has 2 aromatic carbocycles. The quantitative estimate of drug-likeness (QED) is 0.868. The topological polar surface area (TPSA) is 96.4 Å². The smallest absolute Gasteiger partial charge is 0.335 e. The zero-order valence-electron chi connectivity index (χ0n) is 15.0. The first-order valence-electron chi connectivity index (χ1n) is 8.84. The van der Waals surface area contributed by atoms with Gasteiger partial charge in [-0.15, -0.1) is 0 Å². The van der Waals surface area contributed by atoms with Gasteiger partial charge in [-0.25, -0.2) is 4.79 Å². The van der Waals surface area contributed by atoms with Crippen molar-refractivity contribution in [2.24, 2.45) is 0 Å². The van der Waals surface area contributed by atoms with Crippen LogP contribution >= 0.6 is 0 Å². The van der Waals surface area contributed by atoms with Crippen molar-refractivity contribution in [3.8, 4) is 11.5 Å². The summed E-state index contributed by atoms with van der Waals surface area (Å²) in [6, 6.07) is 10.9. The molecule has 8 nitrogen and oxygen atoms in total. The molecule has 2 aliphatic heterocycles. The van der Waals surface area contributed by atoms with E-state index in [1.807, 2.05) is 0 Å². The normalized spacial score (nSPS) is 15.4. The van der Waals surface area contributed by atoms with E-state index in [-0.39, 0.29) is 24.2 Å². The number of hydrogen-bond donors (Lipinski definition) is 1. The fourth-order valence-electron chi connectivity index (χ4n) is 3.26. The Morgan fingerprint density at radius 2 is 1.21 bits per heavy atom. The average Bonchev–Trinajstić information content (AvgIpc) is 3.21. The summed E-state index contributed by atoms with van der Waals surface area (Å²) in [4.78, 5) is 39.6. The van der Waals surface area contributed by atoms with E-state index in [9.17, 15) is 14.4 Å². The van der Waals surface area contributed by atoms with Crippen LogP contribution in [-0.2, 0) is 0 Å². The van der Waals surface area contributed by atoms with Crippen molar-refractivity contribution in [3.63, 3.8) is 0 Å². The number of carboxylic acid groups (broad SMARTS) is 1. The van der Waals surface area contributed by atoms with Gasteiger partial charge in [0.25, 0.3) is 11.8 Å². The lowest BCUT2D eigenvalue weighted by Gasteiger charge is -2.35. The van der Waals surface area contributed by atoms with Crippen molar-refractivity contribution in [1.82, 2.24) is 9.80 Å². The third kappa shape index (κ3) is 3.36. The highest BCUT2D eigenvalue weighted by atomic mass is 16.7. The van der Waals surface area contributed by atoms with E-state index in [2.05, 4.69) is 0 Å². The second-order valence-corrected chi connectivity index (χ2v) is 6.53. The molecule has 2 heterocycles. The predicted octanol–water partition coefficient (Wildman–Crippen LogP) is 1.71. The molecular weight excluding hydrogens is 364 g/mol. The summed E-state index contributed by atoms with van der Waals surface area (Å²) in [7, 11) is 0. The number of carboxylic acids is 1. The number of aromatic carboxylic acids is 1. The van der Waals surface area contributed by atoms with Crippen LogP contribution in [0.5, 0.6) is 11.5 Å². The number of ether oxygens (including phenoxy) is 2. The van der Waals surface area contributed by atoms with E-state index >= 15 is 0 Å². The van der Waals surface area contributed by atoms with Gasteiger partial charge < -0.3 is 24.4 Å². The number of piperazine rings is 1. The molecule has 1 N–H and O–H groups in total. The Labute approximate surface area is 160 Å². The average molecular weight is 382 g/mol. The van der Waals surface area contributed by atoms with Crippen molar-refractivity contribution in [3.05, 3.63) is 59.2 Å². The molecule has 2 aromatic rings. The molecule has 8 heteroatoms. The van der Waals surface area contributed by atoms with Gasteiger partial charge in [0, 0.05) is 37.3 Å². The summed E-state index contributed by atoms with van der Waals surface area (Å²) in [5, 5.41) is 8.94. The molecule has 0 aromatic heterocycles. The minimum absolute atomic E-state index is 0.115. The highest BCUT2D eigenvalue weighted by molar-refractivity contribution is 5.97. The van der Waals surface area contributed by atoms with Gasteiger partial charge in [-0.1, -0.05) is 0 Å². The molecule has 0 atom stereocenters. The molecule has 0 radical (unpaired) electrons. The van der Waals surface area contributed by atoms with Crippen molar-refractivity contribution in [1.29, 1.82) is 0 Å². The minimum Gasteiger partial charge on any atom is -0.478 e. The van der Waals surface area contributed by atoms with Gasteiger partial charge in [-0.2, -0.15) is 0 Å². The van der Waals surface area contributed by atoms with E-state index in [4.69, 9.17) is 14.6 Å². The number of nitrogens with zero attached hydrogens (tertiary/aromatic N) is 2. The second-order valence-electron chi connectivity index (χ2n) is 6.53. The van der Waals surface area contributed by atoms with E-state index in [0.29, 0.717) is 48.8 Å². The first-order valence-corrected chi connectivity index (χ1v) is 8.84. The maximum absolute atomic E-state index is 12.7. The monoisotopic (exact) mass is 382 g/mol. The van der Waals surface area contributed by atoms with Crippen LogP contribution in [0.25, 0.3) is 0 Å². The summed E-state index contributed by atoms with van der Waals surface area (Å²) in [5.41, 5.74) is 1.09. The van der Waals surface area contributed by atoms with Crippen LogP contribution in [0.4, 0.5) is 0 Å². The Bertz CT molecular complexity index is 932. The Kier molecular flexibility index (Phi) is 4.60. The number of carbonyl (C=O) groups is 3. The fraction of sp³-hybridized carbons (Fsp3) is 0.250. The van der Waals surface area contributed by atoms with Crippen LogP contribution in [0.15, 0.2) is 42.5 Å². The van der Waals surface area contributed by atoms with Crippen molar-refractivity contribution < 1.29 is 29.0 Å². The fourth-order valence-corrected chi connectivity index (χ4v) is 3.26. The molecule has 0 spiro atoms. The highest BCUT2D eigenvalue weighted by Gasteiger charge is 2.26. The third-order valence-corrected chi connectivity index (χ3v) is 4.85. The molecule has 0 aliphatic carbocycles. The van der Waals surface area contributed by atoms with Crippen LogP contribution < -0.4 is 9.47 Å². The number of rotatable bonds is 3. The first-order chi connectivity index (χ1) is 13.5. The van der Waals surface area contributed by atoms with Gasteiger partial charge >= 0.3 is 5.97 Å². The van der Waals surface area contributed by atoms with Crippen LogP contribution in [0.1, 0.15) is 31.1 Å². The highest BCUT2D eigenvalue weighted by Crippen LogP contribution is 2.32. The lowest BCUT2D eigenvalue weighted by Crippen LogP contribution is -2.50. The molecule has 28 heavy (non-hydrogen) atoms. The predicted molar refractivity (Wildman–Crippen MR) is 97.8 cm³/mol. The van der Waals surface area contributed by atoms with Gasteiger partial charge in [0.05, 0.1) is 5.56 Å². The molecule has 1 saturated heterocycles. The zero-order chi connectivity index (χ0) is 19.7. The summed E-state index contributed by atoms with van der Waals surface area (Å²) in [6.07, 6.45) is 0. The molecule has 2 amide bonds. The summed E-state index contributed by atoms with van der Waals surface area (Å²) in [5.74, 6) is -0.136. The van der Waals surface area contributed by atoms with Crippen molar-refractivity contribution >= 4 is 17.8 Å². The number of hydrogen-bond acceptors (Lipinski definition) is 5. The van der Waals surface area contributed by atoms with E-state index in [0.717, 1.165) is 0 Å². The lowest BCUT2D eigenvalue weighted by atomic mass is 10.1. The van der Waals surface area contributed by atoms with Gasteiger partial charge in [0.1, 0.15) is 0 Å². The van der Waals surface area contributed by atoms with Crippen LogP contribution in [0.2, 0.25) is 0 Å². The second kappa shape index (κ2) is 7.22. The Hall–Kier alpha value is -3.55. The molecular formula is C20H18N2O6. The molecule has 2 aliphatic rings. The molecule has 1 fully saturated rings. The van der Waals surface area contributed by atoms with E-state index in [1.165, 1.54) is 24.3 Å². The summed E-state index contributed by atoms with van der Waals surface area (Å²) in [6.45, 7) is 1.82. The van der Waals surface area contributed by atoms with Crippen LogP contribution in [-0.4, -0.2) is 65.7 Å². The molecule has 0 bridgehead atoms. The maximum Gasteiger partial charge on any atom is 0.335 e. The van der Waals surface area contributed by atoms with Gasteiger partial charge in [0.2, 0.25) is 6.79 Å². The minimum atomic E-state index is -1.03. The zero-order valence-corrected chi connectivity index (χ0v) is 15.0. The van der Waals surface area contributed by atoms with Crippen molar-refractivity contribution in [2.45, 2.75) is 0 Å². The Balaban J connectivity index is 1.38. The van der Waals surface area contributed by atoms with E-state index < -0.39 is 5.97 Å². The van der Waals surface area contributed by atoms with Gasteiger partial charge in [0.15, 0.2) is 11.5 Å². The molecule has 144 valence electrons. The number of carbonyl (C=O) groups excluding carboxylic acids is 2. The van der Waals surface area contributed by atoms with Gasteiger partial charge in [-0.3, -0.25) is 9.59 Å². The van der Waals surface area contributed by atoms with Crippen LogP contribution in [0, 0.1) is 0 Å². The molecule has 4 rings (SSSR count).